The number of nitrogens with zero attached hydrogens (tertiary/aromatic N) is 2. The Balaban J connectivity index is 2.67. The van der Waals surface area contributed by atoms with Gasteiger partial charge in [-0.1, -0.05) is 0 Å². The highest BCUT2D eigenvalue weighted by atomic mass is 16.4. The molecule has 0 spiro atoms. The van der Waals surface area contributed by atoms with Gasteiger partial charge < -0.3 is 14.9 Å². The summed E-state index contributed by atoms with van der Waals surface area (Å²) in [6, 6.07) is 0.276. The van der Waals surface area contributed by atoms with E-state index in [1.807, 2.05) is 20.8 Å². The van der Waals surface area contributed by atoms with Crippen molar-refractivity contribution < 1.29 is 14.7 Å². The molecule has 1 aliphatic carbocycles. The number of carbonyl (C=O) groups is 2. The van der Waals surface area contributed by atoms with Gasteiger partial charge in [0.05, 0.1) is 6.42 Å². The molecule has 1 N–H and O–H groups in total. The van der Waals surface area contributed by atoms with Gasteiger partial charge in [-0.05, 0) is 33.6 Å². The first kappa shape index (κ1) is 13.8. The summed E-state index contributed by atoms with van der Waals surface area (Å²) in [7, 11) is 1.79. The van der Waals surface area contributed by atoms with Crippen LogP contribution < -0.4 is 0 Å². The summed E-state index contributed by atoms with van der Waals surface area (Å²) in [5.41, 5.74) is -0.352. The average molecular weight is 242 g/mol. The first-order valence-electron chi connectivity index (χ1n) is 5.99. The van der Waals surface area contributed by atoms with Crippen LogP contribution in [0.2, 0.25) is 0 Å². The van der Waals surface area contributed by atoms with E-state index in [9.17, 15) is 9.59 Å². The van der Waals surface area contributed by atoms with Crippen LogP contribution in [0.15, 0.2) is 0 Å². The van der Waals surface area contributed by atoms with E-state index in [0.717, 1.165) is 12.8 Å². The van der Waals surface area contributed by atoms with Crippen LogP contribution in [0.3, 0.4) is 0 Å². The number of carboxylic acid groups (broad SMARTS) is 1. The van der Waals surface area contributed by atoms with E-state index in [1.165, 1.54) is 0 Å². The van der Waals surface area contributed by atoms with E-state index in [2.05, 4.69) is 0 Å². The first-order chi connectivity index (χ1) is 7.73. The molecule has 1 rings (SSSR count). The molecule has 1 aliphatic rings. The van der Waals surface area contributed by atoms with Gasteiger partial charge in [0.1, 0.15) is 0 Å². The van der Waals surface area contributed by atoms with Gasteiger partial charge in [-0.15, -0.1) is 0 Å². The van der Waals surface area contributed by atoms with Crippen molar-refractivity contribution in [1.29, 1.82) is 0 Å². The molecule has 0 heterocycles. The molecule has 2 amide bonds. The third kappa shape index (κ3) is 3.91. The van der Waals surface area contributed by atoms with Crippen molar-refractivity contribution in [3.8, 4) is 0 Å². The second-order valence-electron chi connectivity index (χ2n) is 5.59. The highest BCUT2D eigenvalue weighted by Gasteiger charge is 2.35. The van der Waals surface area contributed by atoms with Crippen molar-refractivity contribution in [2.45, 2.75) is 51.6 Å². The minimum atomic E-state index is -0.874. The van der Waals surface area contributed by atoms with Crippen molar-refractivity contribution >= 4 is 12.0 Å². The smallest absolute Gasteiger partial charge is 0.320 e. The molecule has 0 unspecified atom stereocenters. The third-order valence-corrected chi connectivity index (χ3v) is 2.99. The molecule has 98 valence electrons. The first-order valence-corrected chi connectivity index (χ1v) is 5.99. The van der Waals surface area contributed by atoms with Crippen LogP contribution in [0, 0.1) is 0 Å². The van der Waals surface area contributed by atoms with Crippen molar-refractivity contribution in [2.75, 3.05) is 13.6 Å². The quantitative estimate of drug-likeness (QED) is 0.817. The molecular formula is C12H22N2O3. The maximum Gasteiger partial charge on any atom is 0.320 e. The molecule has 0 atom stereocenters. The molecule has 0 aliphatic heterocycles. The number of amides is 2. The lowest BCUT2D eigenvalue weighted by Gasteiger charge is -2.38. The number of urea groups is 1. The fourth-order valence-corrected chi connectivity index (χ4v) is 1.73. The van der Waals surface area contributed by atoms with Crippen LogP contribution in [-0.2, 0) is 4.79 Å². The zero-order chi connectivity index (χ0) is 13.2. The maximum absolute atomic E-state index is 12.2. The summed E-state index contributed by atoms with van der Waals surface area (Å²) in [5, 5.41) is 8.72. The third-order valence-electron chi connectivity index (χ3n) is 2.99. The van der Waals surface area contributed by atoms with Crippen LogP contribution in [0.4, 0.5) is 4.79 Å². The highest BCUT2D eigenvalue weighted by molar-refractivity contribution is 5.76. The van der Waals surface area contributed by atoms with Crippen LogP contribution in [-0.4, -0.2) is 52.1 Å². The van der Waals surface area contributed by atoms with Crippen LogP contribution in [0.25, 0.3) is 0 Å². The predicted molar refractivity (Wildman–Crippen MR) is 64.9 cm³/mol. The fraction of sp³-hybridized carbons (Fsp3) is 0.833. The Bertz CT molecular complexity index is 305. The van der Waals surface area contributed by atoms with E-state index >= 15 is 0 Å². The molecule has 0 aromatic heterocycles. The standard InChI is InChI=1S/C12H22N2O3/c1-12(2,3)14(8-7-10(15)16)11(17)13(4)9-5-6-9/h9H,5-8H2,1-4H3,(H,15,16). The largest absolute Gasteiger partial charge is 0.481 e. The van der Waals surface area contributed by atoms with Crippen molar-refractivity contribution in [1.82, 2.24) is 9.80 Å². The van der Waals surface area contributed by atoms with Gasteiger partial charge in [0.15, 0.2) is 0 Å². The summed E-state index contributed by atoms with van der Waals surface area (Å²) < 4.78 is 0. The number of aliphatic carboxylic acids is 1. The Morgan fingerprint density at radius 3 is 2.18 bits per heavy atom. The molecule has 0 radical (unpaired) electrons. The van der Waals surface area contributed by atoms with Gasteiger partial charge in [0.25, 0.3) is 0 Å². The number of carboxylic acids is 1. The summed E-state index contributed by atoms with van der Waals surface area (Å²) in [6.45, 7) is 6.03. The van der Waals surface area contributed by atoms with Gasteiger partial charge in [-0.25, -0.2) is 4.79 Å². The van der Waals surface area contributed by atoms with E-state index in [1.54, 1.807) is 16.8 Å². The van der Waals surface area contributed by atoms with Gasteiger partial charge in [0.2, 0.25) is 0 Å². The van der Waals surface area contributed by atoms with Gasteiger partial charge in [-0.3, -0.25) is 4.79 Å². The number of hydrogen-bond acceptors (Lipinski definition) is 2. The topological polar surface area (TPSA) is 60.9 Å². The van der Waals surface area contributed by atoms with Gasteiger partial charge in [-0.2, -0.15) is 0 Å². The van der Waals surface area contributed by atoms with E-state index in [-0.39, 0.29) is 24.5 Å². The molecule has 17 heavy (non-hydrogen) atoms. The van der Waals surface area contributed by atoms with Crippen LogP contribution in [0.1, 0.15) is 40.0 Å². The van der Waals surface area contributed by atoms with E-state index in [4.69, 9.17) is 5.11 Å². The summed E-state index contributed by atoms with van der Waals surface area (Å²) in [6.07, 6.45) is 2.10. The molecule has 0 aromatic carbocycles. The molecule has 5 nitrogen and oxygen atoms in total. The zero-order valence-electron chi connectivity index (χ0n) is 11.1. The lowest BCUT2D eigenvalue weighted by molar-refractivity contribution is -0.137. The Morgan fingerprint density at radius 1 is 1.29 bits per heavy atom. The average Bonchev–Trinajstić information content (AvgIpc) is 2.96. The Kier molecular flexibility index (Phi) is 4.01. The highest BCUT2D eigenvalue weighted by Crippen LogP contribution is 2.27. The van der Waals surface area contributed by atoms with E-state index in [0.29, 0.717) is 6.04 Å². The Hall–Kier alpha value is -1.26. The maximum atomic E-state index is 12.2. The van der Waals surface area contributed by atoms with Crippen LogP contribution in [0.5, 0.6) is 0 Å². The van der Waals surface area contributed by atoms with E-state index < -0.39 is 5.97 Å². The Morgan fingerprint density at radius 2 is 1.82 bits per heavy atom. The monoisotopic (exact) mass is 242 g/mol. The SMILES string of the molecule is CN(C(=O)N(CCC(=O)O)C(C)(C)C)C1CC1. The minimum absolute atomic E-state index is 0.0124. The summed E-state index contributed by atoms with van der Waals surface area (Å²) in [5.74, 6) is -0.874. The number of rotatable bonds is 4. The molecule has 0 saturated heterocycles. The molecule has 0 aromatic rings. The lowest BCUT2D eigenvalue weighted by Crippen LogP contribution is -2.52. The summed E-state index contributed by atoms with van der Waals surface area (Å²) >= 11 is 0. The number of hydrogen-bond donors (Lipinski definition) is 1. The predicted octanol–water partition coefficient (Wildman–Crippen LogP) is 1.78. The van der Waals surface area contributed by atoms with Gasteiger partial charge >= 0.3 is 12.0 Å². The van der Waals surface area contributed by atoms with Crippen LogP contribution >= 0.6 is 0 Å². The van der Waals surface area contributed by atoms with Crippen molar-refractivity contribution in [3.63, 3.8) is 0 Å². The second-order valence-corrected chi connectivity index (χ2v) is 5.59. The normalized spacial score (nSPS) is 15.5. The Labute approximate surface area is 102 Å². The zero-order valence-corrected chi connectivity index (χ0v) is 11.1. The second kappa shape index (κ2) is 4.94. The minimum Gasteiger partial charge on any atom is -0.481 e. The molecule has 0 bridgehead atoms. The fourth-order valence-electron chi connectivity index (χ4n) is 1.73. The summed E-state index contributed by atoms with van der Waals surface area (Å²) in [4.78, 5) is 26.2. The van der Waals surface area contributed by atoms with Crippen molar-refractivity contribution in [2.24, 2.45) is 0 Å². The molecule has 1 saturated carbocycles. The molecular weight excluding hydrogens is 220 g/mol. The van der Waals surface area contributed by atoms with Gasteiger partial charge in [0, 0.05) is 25.2 Å². The number of carbonyl (C=O) groups excluding carboxylic acids is 1. The lowest BCUT2D eigenvalue weighted by atomic mass is 10.1. The van der Waals surface area contributed by atoms with Crippen molar-refractivity contribution in [3.05, 3.63) is 0 Å². The molecule has 1 fully saturated rings. The molecule has 5 heteroatoms.